The van der Waals surface area contributed by atoms with Gasteiger partial charge in [0.1, 0.15) is 5.75 Å². The number of fused-ring (bicyclic) bond motifs is 1. The SMILES string of the molecule is COc1ccc2c(c1)c(CC(=O)NCCCCO)c(C)n2C(=O)c1ccc(Cl)cc1. The van der Waals surface area contributed by atoms with Gasteiger partial charge in [-0.1, -0.05) is 11.6 Å². The lowest BCUT2D eigenvalue weighted by atomic mass is 10.1. The zero-order valence-corrected chi connectivity index (χ0v) is 17.8. The summed E-state index contributed by atoms with van der Waals surface area (Å²) < 4.78 is 6.98. The molecule has 0 radical (unpaired) electrons. The van der Waals surface area contributed by atoms with Gasteiger partial charge in [-0.15, -0.1) is 0 Å². The topological polar surface area (TPSA) is 80.6 Å². The molecule has 0 atom stereocenters. The van der Waals surface area contributed by atoms with Crippen LogP contribution in [0.2, 0.25) is 5.02 Å². The lowest BCUT2D eigenvalue weighted by Gasteiger charge is -2.08. The summed E-state index contributed by atoms with van der Waals surface area (Å²) in [6, 6.07) is 12.2. The van der Waals surface area contributed by atoms with E-state index in [1.54, 1.807) is 42.0 Å². The maximum atomic E-state index is 13.3. The summed E-state index contributed by atoms with van der Waals surface area (Å²) in [5, 5.41) is 13.1. The molecule has 6 nitrogen and oxygen atoms in total. The van der Waals surface area contributed by atoms with E-state index in [1.165, 1.54) is 0 Å². The summed E-state index contributed by atoms with van der Waals surface area (Å²) in [6.45, 7) is 2.45. The molecule has 0 aliphatic carbocycles. The molecule has 1 heterocycles. The van der Waals surface area contributed by atoms with E-state index in [9.17, 15) is 9.59 Å². The summed E-state index contributed by atoms with van der Waals surface area (Å²) in [5.41, 5.74) is 2.72. The zero-order chi connectivity index (χ0) is 21.7. The van der Waals surface area contributed by atoms with E-state index < -0.39 is 0 Å². The van der Waals surface area contributed by atoms with Crippen molar-refractivity contribution in [1.82, 2.24) is 9.88 Å². The Balaban J connectivity index is 1.99. The number of aromatic nitrogens is 1. The Labute approximate surface area is 180 Å². The van der Waals surface area contributed by atoms with Gasteiger partial charge < -0.3 is 15.2 Å². The van der Waals surface area contributed by atoms with Crippen LogP contribution in [-0.2, 0) is 11.2 Å². The molecule has 2 aromatic carbocycles. The van der Waals surface area contributed by atoms with Gasteiger partial charge in [0.2, 0.25) is 5.91 Å². The van der Waals surface area contributed by atoms with Crippen LogP contribution in [0.15, 0.2) is 42.5 Å². The lowest BCUT2D eigenvalue weighted by Crippen LogP contribution is -2.26. The largest absolute Gasteiger partial charge is 0.497 e. The molecule has 2 N–H and O–H groups in total. The van der Waals surface area contributed by atoms with Gasteiger partial charge in [0.25, 0.3) is 5.91 Å². The summed E-state index contributed by atoms with van der Waals surface area (Å²) in [7, 11) is 1.58. The maximum Gasteiger partial charge on any atom is 0.262 e. The number of aliphatic hydroxyl groups excluding tert-OH is 1. The fraction of sp³-hybridized carbons (Fsp3) is 0.304. The highest BCUT2D eigenvalue weighted by atomic mass is 35.5. The van der Waals surface area contributed by atoms with Gasteiger partial charge in [0, 0.05) is 34.8 Å². The third kappa shape index (κ3) is 4.66. The van der Waals surface area contributed by atoms with Crippen LogP contribution in [0, 0.1) is 6.92 Å². The molecular formula is C23H25ClN2O4. The van der Waals surface area contributed by atoms with Gasteiger partial charge in [-0.05, 0) is 67.8 Å². The zero-order valence-electron chi connectivity index (χ0n) is 17.1. The average molecular weight is 429 g/mol. The molecule has 0 aliphatic heterocycles. The molecule has 0 bridgehead atoms. The highest BCUT2D eigenvalue weighted by Gasteiger charge is 2.22. The monoisotopic (exact) mass is 428 g/mol. The average Bonchev–Trinajstić information content (AvgIpc) is 3.02. The third-order valence-electron chi connectivity index (χ3n) is 5.08. The first-order chi connectivity index (χ1) is 14.5. The highest BCUT2D eigenvalue weighted by Crippen LogP contribution is 2.30. The Morgan fingerprint density at radius 3 is 2.53 bits per heavy atom. The summed E-state index contributed by atoms with van der Waals surface area (Å²) in [4.78, 5) is 25.8. The number of ether oxygens (including phenoxy) is 1. The van der Waals surface area contributed by atoms with Crippen molar-refractivity contribution >= 4 is 34.3 Å². The molecule has 0 unspecified atom stereocenters. The minimum atomic E-state index is -0.186. The number of unbranched alkanes of at least 4 members (excludes halogenated alkanes) is 1. The van der Waals surface area contributed by atoms with Gasteiger partial charge in [-0.3, -0.25) is 14.2 Å². The Morgan fingerprint density at radius 1 is 1.13 bits per heavy atom. The lowest BCUT2D eigenvalue weighted by molar-refractivity contribution is -0.120. The molecule has 7 heteroatoms. The van der Waals surface area contributed by atoms with Crippen LogP contribution < -0.4 is 10.1 Å². The van der Waals surface area contributed by atoms with Crippen molar-refractivity contribution in [3.63, 3.8) is 0 Å². The molecule has 3 aromatic rings. The minimum absolute atomic E-state index is 0.106. The molecule has 0 aliphatic rings. The first-order valence-corrected chi connectivity index (χ1v) is 10.2. The number of methoxy groups -OCH3 is 1. The number of rotatable bonds is 8. The van der Waals surface area contributed by atoms with Gasteiger partial charge in [0.05, 0.1) is 19.0 Å². The second-order valence-corrected chi connectivity index (χ2v) is 7.49. The summed E-state index contributed by atoms with van der Waals surface area (Å²) in [6.07, 6.45) is 1.51. The number of nitrogens with one attached hydrogen (secondary N) is 1. The second-order valence-electron chi connectivity index (χ2n) is 7.05. The first-order valence-electron chi connectivity index (χ1n) is 9.82. The highest BCUT2D eigenvalue weighted by molar-refractivity contribution is 6.30. The van der Waals surface area contributed by atoms with Gasteiger partial charge >= 0.3 is 0 Å². The van der Waals surface area contributed by atoms with E-state index in [4.69, 9.17) is 21.4 Å². The second kappa shape index (κ2) is 9.78. The van der Waals surface area contributed by atoms with Crippen LogP contribution in [-0.4, -0.2) is 41.7 Å². The molecule has 0 spiro atoms. The number of hydrogen-bond donors (Lipinski definition) is 2. The smallest absolute Gasteiger partial charge is 0.262 e. The van der Waals surface area contributed by atoms with Crippen molar-refractivity contribution in [1.29, 1.82) is 0 Å². The maximum absolute atomic E-state index is 13.3. The Hall–Kier alpha value is -2.83. The van der Waals surface area contributed by atoms with Crippen molar-refractivity contribution in [3.05, 3.63) is 64.3 Å². The number of amides is 1. The Kier molecular flexibility index (Phi) is 7.13. The fourth-order valence-corrected chi connectivity index (χ4v) is 3.61. The van der Waals surface area contributed by atoms with Crippen molar-refractivity contribution in [3.8, 4) is 5.75 Å². The standard InChI is InChI=1S/C23H25ClN2O4/c1-15-19(14-22(28)25-11-3-4-12-27)20-13-18(30-2)9-10-21(20)26(15)23(29)16-5-7-17(24)8-6-16/h5-10,13,27H,3-4,11-12,14H2,1-2H3,(H,25,28). The van der Waals surface area contributed by atoms with E-state index in [0.717, 1.165) is 16.5 Å². The van der Waals surface area contributed by atoms with Gasteiger partial charge in [-0.2, -0.15) is 0 Å². The normalized spacial score (nSPS) is 10.9. The number of benzene rings is 2. The van der Waals surface area contributed by atoms with E-state index in [1.807, 2.05) is 19.1 Å². The number of carbonyl (C=O) groups excluding carboxylic acids is 2. The molecular weight excluding hydrogens is 404 g/mol. The number of nitrogens with zero attached hydrogens (tertiary/aromatic N) is 1. The fourth-order valence-electron chi connectivity index (χ4n) is 3.48. The number of aliphatic hydroxyl groups is 1. The number of halogens is 1. The van der Waals surface area contributed by atoms with Crippen molar-refractivity contribution < 1.29 is 19.4 Å². The number of hydrogen-bond acceptors (Lipinski definition) is 4. The van der Waals surface area contributed by atoms with Crippen LogP contribution >= 0.6 is 11.6 Å². The van der Waals surface area contributed by atoms with Crippen molar-refractivity contribution in [2.45, 2.75) is 26.2 Å². The van der Waals surface area contributed by atoms with Crippen LogP contribution in [0.1, 0.15) is 34.5 Å². The predicted molar refractivity (Wildman–Crippen MR) is 117 cm³/mol. The van der Waals surface area contributed by atoms with E-state index in [-0.39, 0.29) is 24.8 Å². The molecule has 3 rings (SSSR count). The Morgan fingerprint density at radius 2 is 1.87 bits per heavy atom. The third-order valence-corrected chi connectivity index (χ3v) is 5.33. The van der Waals surface area contributed by atoms with E-state index >= 15 is 0 Å². The molecule has 30 heavy (non-hydrogen) atoms. The molecule has 0 saturated carbocycles. The van der Waals surface area contributed by atoms with Crippen LogP contribution in [0.25, 0.3) is 10.9 Å². The molecule has 0 saturated heterocycles. The minimum Gasteiger partial charge on any atom is -0.497 e. The first kappa shape index (κ1) is 21.9. The summed E-state index contributed by atoms with van der Waals surface area (Å²) in [5.74, 6) is 0.342. The van der Waals surface area contributed by atoms with Gasteiger partial charge in [0.15, 0.2) is 0 Å². The van der Waals surface area contributed by atoms with E-state index in [2.05, 4.69) is 5.32 Å². The van der Waals surface area contributed by atoms with Crippen LogP contribution in [0.3, 0.4) is 0 Å². The van der Waals surface area contributed by atoms with E-state index in [0.29, 0.717) is 41.4 Å². The van der Waals surface area contributed by atoms with Gasteiger partial charge in [-0.25, -0.2) is 0 Å². The summed E-state index contributed by atoms with van der Waals surface area (Å²) >= 11 is 5.95. The quantitative estimate of drug-likeness (QED) is 0.536. The molecule has 0 fully saturated rings. The van der Waals surface area contributed by atoms with Crippen LogP contribution in [0.5, 0.6) is 5.75 Å². The van der Waals surface area contributed by atoms with Crippen LogP contribution in [0.4, 0.5) is 0 Å². The molecule has 1 aromatic heterocycles. The molecule has 158 valence electrons. The Bertz CT molecular complexity index is 1060. The van der Waals surface area contributed by atoms with Crippen molar-refractivity contribution in [2.24, 2.45) is 0 Å². The van der Waals surface area contributed by atoms with Crippen molar-refractivity contribution in [2.75, 3.05) is 20.3 Å². The molecule has 1 amide bonds. The predicted octanol–water partition coefficient (Wildman–Crippen LogP) is 3.73. The number of carbonyl (C=O) groups is 2.